The summed E-state index contributed by atoms with van der Waals surface area (Å²) in [6.07, 6.45) is -0.647. The van der Waals surface area contributed by atoms with Crippen molar-refractivity contribution in [1.82, 2.24) is 9.55 Å². The number of imidazole rings is 1. The predicted molar refractivity (Wildman–Crippen MR) is 78.4 cm³/mol. The minimum absolute atomic E-state index is 0.0315. The van der Waals surface area contributed by atoms with Crippen molar-refractivity contribution in [2.45, 2.75) is 13.0 Å². The number of aryl methyl sites for hydroxylation is 1. The second-order valence-corrected chi connectivity index (χ2v) is 4.38. The highest BCUT2D eigenvalue weighted by Gasteiger charge is 2.12. The second kappa shape index (κ2) is 5.17. The molecule has 8 heteroatoms. The van der Waals surface area contributed by atoms with E-state index >= 15 is 0 Å². The first-order valence-corrected chi connectivity index (χ1v) is 5.96. The molecule has 2 aromatic rings. The van der Waals surface area contributed by atoms with Crippen LogP contribution in [0, 0.1) is 0 Å². The van der Waals surface area contributed by atoms with Gasteiger partial charge in [-0.3, -0.25) is 0 Å². The lowest BCUT2D eigenvalue weighted by Crippen LogP contribution is -2.26. The van der Waals surface area contributed by atoms with Gasteiger partial charge in [-0.1, -0.05) is 0 Å². The first kappa shape index (κ1) is 13.8. The molecule has 20 heavy (non-hydrogen) atoms. The molecular formula is C12H17N7O. The van der Waals surface area contributed by atoms with Crippen LogP contribution in [0.15, 0.2) is 28.2 Å². The van der Waals surface area contributed by atoms with Gasteiger partial charge in [-0.2, -0.15) is 4.99 Å². The van der Waals surface area contributed by atoms with Crippen molar-refractivity contribution in [2.24, 2.45) is 34.2 Å². The van der Waals surface area contributed by atoms with E-state index in [1.807, 2.05) is 17.7 Å². The van der Waals surface area contributed by atoms with Crippen LogP contribution in [0.25, 0.3) is 11.0 Å². The van der Waals surface area contributed by atoms with E-state index in [0.717, 1.165) is 5.52 Å². The molecule has 0 amide bonds. The van der Waals surface area contributed by atoms with Crippen molar-refractivity contribution in [3.63, 3.8) is 0 Å². The number of nitrogens with two attached hydrogens (primary N) is 3. The van der Waals surface area contributed by atoms with E-state index < -0.39 is 6.10 Å². The van der Waals surface area contributed by atoms with Gasteiger partial charge in [-0.25, -0.2) is 9.98 Å². The fourth-order valence-corrected chi connectivity index (χ4v) is 1.94. The minimum atomic E-state index is -0.647. The predicted octanol–water partition coefficient (Wildman–Crippen LogP) is -0.154. The van der Waals surface area contributed by atoms with Gasteiger partial charge >= 0.3 is 0 Å². The van der Waals surface area contributed by atoms with Gasteiger partial charge in [0.2, 0.25) is 5.96 Å². The monoisotopic (exact) mass is 275 g/mol. The summed E-state index contributed by atoms with van der Waals surface area (Å²) in [7, 11) is 1.84. The Kier molecular flexibility index (Phi) is 3.57. The number of benzene rings is 1. The molecule has 1 aromatic carbocycles. The average molecular weight is 275 g/mol. The molecule has 0 aliphatic carbocycles. The van der Waals surface area contributed by atoms with Crippen LogP contribution in [0.2, 0.25) is 0 Å². The number of aromatic nitrogens is 2. The molecule has 1 atom stereocenters. The van der Waals surface area contributed by atoms with Crippen LogP contribution in [-0.2, 0) is 7.05 Å². The number of aliphatic imine (C=N–C) groups is 2. The summed E-state index contributed by atoms with van der Waals surface area (Å²) in [5.74, 6) is 0.399. The quantitative estimate of drug-likeness (QED) is 0.445. The average Bonchev–Trinajstić information content (AvgIpc) is 2.65. The number of fused-ring (bicyclic) bond motifs is 1. The lowest BCUT2D eigenvalue weighted by atomic mass is 10.3. The molecule has 0 spiro atoms. The Balaban J connectivity index is 2.47. The smallest absolute Gasteiger partial charge is 0.223 e. The highest BCUT2D eigenvalue weighted by atomic mass is 16.3. The van der Waals surface area contributed by atoms with Gasteiger partial charge in [0.05, 0.1) is 16.7 Å². The number of aliphatic hydroxyl groups is 1. The number of hydrogen-bond donors (Lipinski definition) is 4. The third kappa shape index (κ3) is 2.69. The first-order chi connectivity index (χ1) is 9.38. The molecule has 1 aromatic heterocycles. The van der Waals surface area contributed by atoms with Crippen LogP contribution in [0.3, 0.4) is 0 Å². The molecule has 0 aliphatic rings. The molecule has 0 radical (unpaired) electrons. The Morgan fingerprint density at radius 2 is 2.05 bits per heavy atom. The third-order valence-corrected chi connectivity index (χ3v) is 2.76. The zero-order valence-corrected chi connectivity index (χ0v) is 11.3. The molecule has 0 saturated carbocycles. The van der Waals surface area contributed by atoms with Crippen molar-refractivity contribution < 1.29 is 5.11 Å². The molecule has 106 valence electrons. The summed E-state index contributed by atoms with van der Waals surface area (Å²) in [5.41, 5.74) is 18.2. The summed E-state index contributed by atoms with van der Waals surface area (Å²) in [5, 5.41) is 9.64. The van der Waals surface area contributed by atoms with Gasteiger partial charge in [0.15, 0.2) is 5.96 Å². The van der Waals surface area contributed by atoms with E-state index in [4.69, 9.17) is 17.2 Å². The summed E-state index contributed by atoms with van der Waals surface area (Å²) in [6.45, 7) is 1.66. The first-order valence-electron chi connectivity index (χ1n) is 5.96. The van der Waals surface area contributed by atoms with Crippen LogP contribution < -0.4 is 17.2 Å². The lowest BCUT2D eigenvalue weighted by Gasteiger charge is -2.03. The zero-order chi connectivity index (χ0) is 14.9. The molecule has 8 nitrogen and oxygen atoms in total. The number of rotatable bonds is 2. The van der Waals surface area contributed by atoms with Crippen molar-refractivity contribution in [2.75, 3.05) is 0 Å². The summed E-state index contributed by atoms with van der Waals surface area (Å²) in [4.78, 5) is 12.1. The summed E-state index contributed by atoms with van der Waals surface area (Å²) in [6, 6.07) is 5.36. The van der Waals surface area contributed by atoms with Crippen LogP contribution in [0.4, 0.5) is 5.69 Å². The highest BCUT2D eigenvalue weighted by molar-refractivity contribution is 5.94. The highest BCUT2D eigenvalue weighted by Crippen LogP contribution is 2.23. The van der Waals surface area contributed by atoms with E-state index in [9.17, 15) is 5.11 Å². The van der Waals surface area contributed by atoms with E-state index in [0.29, 0.717) is 17.0 Å². The topological polar surface area (TPSA) is 141 Å². The van der Waals surface area contributed by atoms with E-state index in [2.05, 4.69) is 15.0 Å². The molecule has 1 heterocycles. The Labute approximate surface area is 115 Å². The van der Waals surface area contributed by atoms with Gasteiger partial charge in [0, 0.05) is 7.05 Å². The Hall–Kier alpha value is -2.61. The maximum Gasteiger partial charge on any atom is 0.223 e. The van der Waals surface area contributed by atoms with E-state index in [1.165, 1.54) is 0 Å². The number of nitrogens with zero attached hydrogens (tertiary/aromatic N) is 4. The Morgan fingerprint density at radius 3 is 2.65 bits per heavy atom. The number of hydrogen-bond acceptors (Lipinski definition) is 3. The van der Waals surface area contributed by atoms with Crippen molar-refractivity contribution >= 4 is 28.6 Å². The molecule has 0 bridgehead atoms. The molecule has 7 N–H and O–H groups in total. The van der Waals surface area contributed by atoms with Gasteiger partial charge in [-0.05, 0) is 25.1 Å². The molecule has 0 aliphatic heterocycles. The van der Waals surface area contributed by atoms with Crippen LogP contribution >= 0.6 is 0 Å². The van der Waals surface area contributed by atoms with Crippen molar-refractivity contribution in [1.29, 1.82) is 0 Å². The Bertz CT molecular complexity index is 695. The maximum atomic E-state index is 9.64. The zero-order valence-electron chi connectivity index (χ0n) is 11.3. The lowest BCUT2D eigenvalue weighted by molar-refractivity contribution is 0.186. The number of guanidine groups is 2. The largest absolute Gasteiger partial charge is 0.385 e. The van der Waals surface area contributed by atoms with Crippen LogP contribution in [0.5, 0.6) is 0 Å². The molecular weight excluding hydrogens is 258 g/mol. The van der Waals surface area contributed by atoms with E-state index in [1.54, 1.807) is 19.1 Å². The van der Waals surface area contributed by atoms with Crippen LogP contribution in [-0.4, -0.2) is 26.6 Å². The van der Waals surface area contributed by atoms with Gasteiger partial charge in [0.25, 0.3) is 0 Å². The summed E-state index contributed by atoms with van der Waals surface area (Å²) < 4.78 is 1.83. The van der Waals surface area contributed by atoms with Crippen LogP contribution in [0.1, 0.15) is 18.9 Å². The third-order valence-electron chi connectivity index (χ3n) is 2.76. The fourth-order valence-electron chi connectivity index (χ4n) is 1.94. The van der Waals surface area contributed by atoms with Gasteiger partial charge in [0.1, 0.15) is 11.9 Å². The SMILES string of the molecule is CC(O)c1nc2cc(N=C(N)N=C(N)N)ccc2n1C. The van der Waals surface area contributed by atoms with Gasteiger partial charge < -0.3 is 26.9 Å². The standard InChI is InChI=1S/C12H17N7O/c1-6(20)10-17-8-5-7(3-4-9(8)19(10)2)16-12(15)18-11(13)14/h3-6,20H,1-2H3,(H6,13,14,15,16,18). The summed E-state index contributed by atoms with van der Waals surface area (Å²) >= 11 is 0. The minimum Gasteiger partial charge on any atom is -0.385 e. The molecule has 0 saturated heterocycles. The maximum absolute atomic E-state index is 9.64. The van der Waals surface area contributed by atoms with Crippen molar-refractivity contribution in [3.8, 4) is 0 Å². The molecule has 1 unspecified atom stereocenters. The molecule has 0 fully saturated rings. The second-order valence-electron chi connectivity index (χ2n) is 4.38. The fraction of sp³-hybridized carbons (Fsp3) is 0.250. The normalized spacial score (nSPS) is 13.4. The number of aliphatic hydroxyl groups excluding tert-OH is 1. The van der Waals surface area contributed by atoms with E-state index in [-0.39, 0.29) is 11.9 Å². The van der Waals surface area contributed by atoms with Crippen molar-refractivity contribution in [3.05, 3.63) is 24.0 Å². The van der Waals surface area contributed by atoms with Gasteiger partial charge in [-0.15, -0.1) is 0 Å². The Morgan fingerprint density at radius 1 is 1.35 bits per heavy atom. The molecule has 2 rings (SSSR count).